The molecule has 4 heterocycles. The highest BCUT2D eigenvalue weighted by Gasteiger charge is 2.34. The monoisotopic (exact) mass is 673 g/mol. The van der Waals surface area contributed by atoms with Crippen LogP contribution in [0.4, 0.5) is 11.5 Å². The maximum Gasteiger partial charge on any atom is 0.237 e. The highest BCUT2D eigenvalue weighted by Crippen LogP contribution is 2.27. The van der Waals surface area contributed by atoms with Crippen LogP contribution in [0.5, 0.6) is 0 Å². The molecule has 0 spiro atoms. The number of nitrogens with zero attached hydrogens (tertiary/aromatic N) is 7. The maximum atomic E-state index is 13.8. The summed E-state index contributed by atoms with van der Waals surface area (Å²) in [5.74, 6) is 0.615. The number of benzene rings is 2. The first-order valence-electron chi connectivity index (χ1n) is 16.8. The predicted octanol–water partition coefficient (Wildman–Crippen LogP) is 3.62. The molecule has 6 N–H and O–H groups in total. The van der Waals surface area contributed by atoms with Crippen molar-refractivity contribution in [1.82, 2.24) is 25.0 Å². The van der Waals surface area contributed by atoms with Gasteiger partial charge in [-0.2, -0.15) is 5.10 Å². The molecular weight excluding hydrogens is 630 g/mol. The first-order chi connectivity index (χ1) is 24.2. The third kappa shape index (κ3) is 7.18. The number of nitrogens with one attached hydrogen (secondary N) is 2. The summed E-state index contributed by atoms with van der Waals surface area (Å²) in [7, 11) is 1.64. The lowest BCUT2D eigenvalue weighted by Crippen LogP contribution is -2.42. The molecule has 258 valence electrons. The quantitative estimate of drug-likeness (QED) is 0.146. The number of nitrogen functional groups attached to an aromatic ring is 1. The summed E-state index contributed by atoms with van der Waals surface area (Å²) in [4.78, 5) is 45.4. The largest absolute Gasteiger partial charge is 0.397 e. The molecular formula is C37H43N11O2. The lowest BCUT2D eigenvalue weighted by Gasteiger charge is -2.29. The number of H-pyrrole nitrogens is 1. The zero-order chi connectivity index (χ0) is 35.4. The van der Waals surface area contributed by atoms with Crippen molar-refractivity contribution >= 4 is 57.7 Å². The van der Waals surface area contributed by atoms with Crippen LogP contribution in [0, 0.1) is 18.3 Å². The molecule has 2 aromatic heterocycles. The normalized spacial score (nSPS) is 17.0. The van der Waals surface area contributed by atoms with E-state index in [0.717, 1.165) is 34.1 Å². The number of aromatic nitrogens is 3. The second kappa shape index (κ2) is 14.8. The van der Waals surface area contributed by atoms with Crippen LogP contribution in [0.3, 0.4) is 0 Å². The maximum absolute atomic E-state index is 13.8. The van der Waals surface area contributed by atoms with Gasteiger partial charge in [-0.15, -0.1) is 0 Å². The molecule has 6 rings (SSSR count). The number of amidine groups is 1. The van der Waals surface area contributed by atoms with Gasteiger partial charge in [-0.05, 0) is 68.6 Å². The highest BCUT2D eigenvalue weighted by molar-refractivity contribution is 6.14. The van der Waals surface area contributed by atoms with Gasteiger partial charge in [0, 0.05) is 55.4 Å². The van der Waals surface area contributed by atoms with E-state index in [9.17, 15) is 9.59 Å². The van der Waals surface area contributed by atoms with E-state index in [4.69, 9.17) is 21.9 Å². The second-order valence-electron chi connectivity index (χ2n) is 12.7. The third-order valence-electron chi connectivity index (χ3n) is 9.45. The molecule has 2 aromatic carbocycles. The van der Waals surface area contributed by atoms with Gasteiger partial charge >= 0.3 is 0 Å². The molecule has 2 aliphatic heterocycles. The van der Waals surface area contributed by atoms with Gasteiger partial charge in [0.05, 0.1) is 29.4 Å². The summed E-state index contributed by atoms with van der Waals surface area (Å²) in [5.41, 5.74) is 18.7. The standard InChI is InChI=1S/C37H43N11O2/c1-4-48(32-12-10-30(38)35(43-32)34(39)27-9-11-31-29(19-27)23(2)44-45-31)37(50)28-13-16-46(20-28)21-33(49)47-17-14-25(15-18-47)24-5-7-26(8-6-24)36(40)42-22-41-3/h5-12,14,19,22,28,39H,4,13,15-18,20-21,38H2,1-3H3,(H,44,45)(H2,40,41,42)/t28-/m1/s1. The second-order valence-corrected chi connectivity index (χ2v) is 12.7. The van der Waals surface area contributed by atoms with Gasteiger partial charge in [0.2, 0.25) is 11.8 Å². The number of carbonyl (C=O) groups excluding carboxylic acids is 2. The van der Waals surface area contributed by atoms with Crippen molar-refractivity contribution in [2.45, 2.75) is 26.7 Å². The van der Waals surface area contributed by atoms with Crippen LogP contribution in [0.1, 0.15) is 47.8 Å². The number of likely N-dealkylation sites (tertiary alicyclic amines) is 1. The van der Waals surface area contributed by atoms with E-state index in [2.05, 4.69) is 31.2 Å². The average Bonchev–Trinajstić information content (AvgIpc) is 3.77. The van der Waals surface area contributed by atoms with E-state index in [1.807, 2.05) is 61.2 Å². The molecule has 2 aliphatic rings. The fraction of sp³-hybridized carbons (Fsp3) is 0.324. The van der Waals surface area contributed by atoms with Crippen molar-refractivity contribution in [1.29, 1.82) is 5.41 Å². The third-order valence-corrected chi connectivity index (χ3v) is 9.45. The summed E-state index contributed by atoms with van der Waals surface area (Å²) in [5, 5.41) is 17.1. The summed E-state index contributed by atoms with van der Waals surface area (Å²) in [6.45, 7) is 6.88. The van der Waals surface area contributed by atoms with Crippen LogP contribution in [0.2, 0.25) is 0 Å². The van der Waals surface area contributed by atoms with Gasteiger partial charge in [-0.1, -0.05) is 36.4 Å². The number of aromatic amines is 1. The molecule has 13 nitrogen and oxygen atoms in total. The molecule has 2 amide bonds. The Morgan fingerprint density at radius 1 is 1.12 bits per heavy atom. The number of carbonyl (C=O) groups is 2. The Morgan fingerprint density at radius 3 is 2.62 bits per heavy atom. The first kappa shape index (κ1) is 34.2. The Labute approximate surface area is 291 Å². The summed E-state index contributed by atoms with van der Waals surface area (Å²) in [6.07, 6.45) is 4.95. The van der Waals surface area contributed by atoms with Gasteiger partial charge in [0.15, 0.2) is 0 Å². The van der Waals surface area contributed by atoms with Gasteiger partial charge in [-0.3, -0.25) is 34.9 Å². The molecule has 0 aliphatic carbocycles. The number of nitrogens with two attached hydrogens (primary N) is 2. The van der Waals surface area contributed by atoms with Gasteiger partial charge < -0.3 is 16.4 Å². The van der Waals surface area contributed by atoms with Crippen LogP contribution in [0.15, 0.2) is 70.7 Å². The van der Waals surface area contributed by atoms with Crippen molar-refractivity contribution in [2.75, 3.05) is 56.9 Å². The van der Waals surface area contributed by atoms with Crippen LogP contribution < -0.4 is 16.4 Å². The molecule has 50 heavy (non-hydrogen) atoms. The number of aliphatic imine (C=N–C) groups is 2. The number of anilines is 2. The minimum Gasteiger partial charge on any atom is -0.397 e. The molecule has 0 unspecified atom stereocenters. The molecule has 0 radical (unpaired) electrons. The Kier molecular flexibility index (Phi) is 10.1. The Morgan fingerprint density at radius 2 is 1.90 bits per heavy atom. The zero-order valence-electron chi connectivity index (χ0n) is 28.7. The van der Waals surface area contributed by atoms with Crippen molar-refractivity contribution in [3.63, 3.8) is 0 Å². The van der Waals surface area contributed by atoms with Crippen molar-refractivity contribution < 1.29 is 9.59 Å². The lowest BCUT2D eigenvalue weighted by atomic mass is 9.98. The number of amides is 2. The first-order valence-corrected chi connectivity index (χ1v) is 16.8. The van der Waals surface area contributed by atoms with E-state index in [0.29, 0.717) is 67.7 Å². The van der Waals surface area contributed by atoms with Gasteiger partial charge in [0.25, 0.3) is 0 Å². The predicted molar refractivity (Wildman–Crippen MR) is 199 cm³/mol. The Bertz CT molecular complexity index is 2010. The fourth-order valence-electron chi connectivity index (χ4n) is 6.57. The van der Waals surface area contributed by atoms with E-state index < -0.39 is 0 Å². The van der Waals surface area contributed by atoms with E-state index in [1.54, 1.807) is 24.1 Å². The zero-order valence-corrected chi connectivity index (χ0v) is 28.7. The number of pyridine rings is 1. The van der Waals surface area contributed by atoms with Crippen molar-refractivity contribution in [3.8, 4) is 0 Å². The molecule has 0 saturated carbocycles. The van der Waals surface area contributed by atoms with Gasteiger partial charge in [-0.25, -0.2) is 9.98 Å². The van der Waals surface area contributed by atoms with Crippen LogP contribution in [-0.4, -0.2) is 101 Å². The van der Waals surface area contributed by atoms with Crippen LogP contribution in [-0.2, 0) is 9.59 Å². The molecule has 1 atom stereocenters. The number of aryl methyl sites for hydroxylation is 1. The summed E-state index contributed by atoms with van der Waals surface area (Å²) >= 11 is 0. The summed E-state index contributed by atoms with van der Waals surface area (Å²) < 4.78 is 0. The number of rotatable bonds is 10. The fourth-order valence-corrected chi connectivity index (χ4v) is 6.57. The topological polar surface area (TPSA) is 186 Å². The van der Waals surface area contributed by atoms with Crippen molar-refractivity contribution in [2.24, 2.45) is 21.6 Å². The minimum absolute atomic E-state index is 0.0456. The lowest BCUT2D eigenvalue weighted by molar-refractivity contribution is -0.132. The van der Waals surface area contributed by atoms with Crippen molar-refractivity contribution in [3.05, 3.63) is 88.8 Å². The van der Waals surface area contributed by atoms with E-state index >= 15 is 0 Å². The number of hydrogen-bond acceptors (Lipinski definition) is 8. The minimum atomic E-state index is -0.263. The average molecular weight is 674 g/mol. The SMILES string of the molecule is CCN(C(=O)[C@@H]1CCN(CC(=O)N2CC=C(c3ccc(C(N)=NC=NC)cc3)CC2)C1)c1ccc(N)c(C(=N)c2ccc3n[nH]c(C)c3c2)n1. The Hall–Kier alpha value is -5.69. The molecule has 1 fully saturated rings. The van der Waals surface area contributed by atoms with Crippen LogP contribution in [0.25, 0.3) is 16.5 Å². The van der Waals surface area contributed by atoms with Gasteiger partial charge in [0.1, 0.15) is 23.7 Å². The molecule has 1 saturated heterocycles. The van der Waals surface area contributed by atoms with E-state index in [1.165, 1.54) is 11.9 Å². The number of fused-ring (bicyclic) bond motifs is 1. The smallest absolute Gasteiger partial charge is 0.237 e. The molecule has 4 aromatic rings. The van der Waals surface area contributed by atoms with Crippen LogP contribution >= 0.6 is 0 Å². The Balaban J connectivity index is 1.05. The molecule has 0 bridgehead atoms. The molecule has 13 heteroatoms. The number of hydrogen-bond donors (Lipinski definition) is 4. The summed E-state index contributed by atoms with van der Waals surface area (Å²) in [6, 6.07) is 17.0. The highest BCUT2D eigenvalue weighted by atomic mass is 16.2. The van der Waals surface area contributed by atoms with E-state index in [-0.39, 0.29) is 30.0 Å².